The smallest absolute Gasteiger partial charge is 0.256 e. The van der Waals surface area contributed by atoms with Gasteiger partial charge in [0.05, 0.1) is 59.2 Å². The average Bonchev–Trinajstić information content (AvgIpc) is 3.21. The van der Waals surface area contributed by atoms with E-state index in [4.69, 9.17) is 16.4 Å². The van der Waals surface area contributed by atoms with E-state index in [0.717, 1.165) is 0 Å². The van der Waals surface area contributed by atoms with Crippen LogP contribution in [0, 0.1) is 19.7 Å². The van der Waals surface area contributed by atoms with Crippen LogP contribution in [0.3, 0.4) is 0 Å². The number of hydrogen-bond donors (Lipinski definition) is 0. The van der Waals surface area contributed by atoms with Crippen LogP contribution < -0.4 is 5.06 Å². The lowest BCUT2D eigenvalue weighted by molar-refractivity contribution is 0.0596. The van der Waals surface area contributed by atoms with Crippen molar-refractivity contribution < 1.29 is 14.0 Å². The maximum absolute atomic E-state index is 14.0. The number of rotatable bonds is 3. The standard InChI is InChI=1S/C20H21ClFN7O2/c1-12-11-31-28(20-25-13(2)18(21)14(3)26-20)9-8-27(12)19(30)16-10-15(22)4-5-17(16)29-23-6-7-24-29/h4-7,10,12H,8-9,11H2,1-3H3/t12-/m1/s1. The quantitative estimate of drug-likeness (QED) is 0.612. The number of halogens is 2. The highest BCUT2D eigenvalue weighted by molar-refractivity contribution is 6.31. The lowest BCUT2D eigenvalue weighted by Crippen LogP contribution is -2.41. The van der Waals surface area contributed by atoms with Gasteiger partial charge in [-0.15, -0.1) is 0 Å². The number of aryl methyl sites for hydroxylation is 2. The highest BCUT2D eigenvalue weighted by Gasteiger charge is 2.30. The monoisotopic (exact) mass is 445 g/mol. The van der Waals surface area contributed by atoms with Crippen molar-refractivity contribution in [2.24, 2.45) is 0 Å². The third kappa shape index (κ3) is 4.21. The van der Waals surface area contributed by atoms with Crippen LogP contribution in [0.5, 0.6) is 0 Å². The molecule has 0 spiro atoms. The van der Waals surface area contributed by atoms with E-state index in [-0.39, 0.29) is 24.1 Å². The highest BCUT2D eigenvalue weighted by Crippen LogP contribution is 2.23. The fourth-order valence-corrected chi connectivity index (χ4v) is 3.46. The van der Waals surface area contributed by atoms with Crippen LogP contribution >= 0.6 is 11.6 Å². The van der Waals surface area contributed by atoms with Gasteiger partial charge < -0.3 is 4.90 Å². The van der Waals surface area contributed by atoms with Crippen LogP contribution in [-0.2, 0) is 4.84 Å². The normalized spacial score (nSPS) is 17.0. The number of nitrogens with zero attached hydrogens (tertiary/aromatic N) is 7. The number of hydrogen-bond acceptors (Lipinski definition) is 7. The summed E-state index contributed by atoms with van der Waals surface area (Å²) < 4.78 is 14.0. The number of aromatic nitrogens is 5. The van der Waals surface area contributed by atoms with Gasteiger partial charge in [0.15, 0.2) is 0 Å². The maximum Gasteiger partial charge on any atom is 0.256 e. The first kappa shape index (κ1) is 21.1. The number of anilines is 1. The lowest BCUT2D eigenvalue weighted by atomic mass is 10.1. The van der Waals surface area contributed by atoms with E-state index in [0.29, 0.717) is 41.1 Å². The molecule has 11 heteroatoms. The molecular weight excluding hydrogens is 425 g/mol. The molecule has 1 saturated heterocycles. The largest absolute Gasteiger partial charge is 0.332 e. The van der Waals surface area contributed by atoms with Gasteiger partial charge in [0.2, 0.25) is 5.95 Å². The predicted octanol–water partition coefficient (Wildman–Crippen LogP) is 2.75. The van der Waals surface area contributed by atoms with E-state index in [2.05, 4.69) is 20.2 Å². The third-order valence-electron chi connectivity index (χ3n) is 5.03. The Morgan fingerprint density at radius 1 is 1.16 bits per heavy atom. The van der Waals surface area contributed by atoms with Gasteiger partial charge in [0.1, 0.15) is 5.82 Å². The molecule has 31 heavy (non-hydrogen) atoms. The number of benzene rings is 1. The van der Waals surface area contributed by atoms with Crippen LogP contribution in [0.1, 0.15) is 28.7 Å². The van der Waals surface area contributed by atoms with E-state index in [1.165, 1.54) is 35.4 Å². The Bertz CT molecular complexity index is 1090. The molecule has 1 aromatic carbocycles. The maximum atomic E-state index is 14.0. The molecular formula is C20H21ClFN7O2. The molecule has 3 aromatic rings. The van der Waals surface area contributed by atoms with Gasteiger partial charge >= 0.3 is 0 Å². The molecule has 0 aliphatic carbocycles. The second-order valence-corrected chi connectivity index (χ2v) is 7.61. The average molecular weight is 446 g/mol. The summed E-state index contributed by atoms with van der Waals surface area (Å²) in [5.41, 5.74) is 1.87. The van der Waals surface area contributed by atoms with Crippen molar-refractivity contribution in [3.8, 4) is 5.69 Å². The zero-order valence-electron chi connectivity index (χ0n) is 17.3. The Morgan fingerprint density at radius 3 is 2.52 bits per heavy atom. The van der Waals surface area contributed by atoms with Crippen LogP contribution in [0.15, 0.2) is 30.6 Å². The summed E-state index contributed by atoms with van der Waals surface area (Å²) in [4.78, 5) is 31.0. The summed E-state index contributed by atoms with van der Waals surface area (Å²) in [7, 11) is 0. The van der Waals surface area contributed by atoms with E-state index in [1.54, 1.807) is 23.8 Å². The molecule has 0 radical (unpaired) electrons. The van der Waals surface area contributed by atoms with Gasteiger partial charge in [-0.3, -0.25) is 9.63 Å². The first-order valence-corrected chi connectivity index (χ1v) is 10.1. The van der Waals surface area contributed by atoms with E-state index < -0.39 is 5.82 Å². The Morgan fingerprint density at radius 2 is 1.84 bits per heavy atom. The Hall–Kier alpha value is -3.11. The molecule has 1 aliphatic rings. The van der Waals surface area contributed by atoms with Crippen molar-refractivity contribution in [1.29, 1.82) is 0 Å². The number of hydroxylamine groups is 1. The van der Waals surface area contributed by atoms with E-state index in [1.807, 2.05) is 6.92 Å². The fourth-order valence-electron chi connectivity index (χ4n) is 3.38. The van der Waals surface area contributed by atoms with E-state index in [9.17, 15) is 9.18 Å². The van der Waals surface area contributed by atoms with Gasteiger partial charge in [-0.05, 0) is 39.0 Å². The minimum absolute atomic E-state index is 0.172. The third-order valence-corrected chi connectivity index (χ3v) is 5.57. The lowest BCUT2D eigenvalue weighted by Gasteiger charge is -2.26. The minimum atomic E-state index is -0.514. The number of carbonyl (C=O) groups excluding carboxylic acids is 1. The summed E-state index contributed by atoms with van der Waals surface area (Å²) in [6, 6.07) is 3.69. The predicted molar refractivity (Wildman–Crippen MR) is 112 cm³/mol. The molecule has 1 fully saturated rings. The van der Waals surface area contributed by atoms with Crippen LogP contribution in [0.4, 0.5) is 10.3 Å². The Kier molecular flexibility index (Phi) is 5.84. The minimum Gasteiger partial charge on any atom is -0.332 e. The molecule has 4 rings (SSSR count). The van der Waals surface area contributed by atoms with Crippen molar-refractivity contribution in [3.63, 3.8) is 0 Å². The van der Waals surface area contributed by atoms with E-state index >= 15 is 0 Å². The number of amides is 1. The summed E-state index contributed by atoms with van der Waals surface area (Å²) in [6.45, 7) is 6.34. The topological polar surface area (TPSA) is 89.3 Å². The number of carbonyl (C=O) groups is 1. The zero-order valence-corrected chi connectivity index (χ0v) is 18.0. The van der Waals surface area contributed by atoms with Gasteiger partial charge in [-0.1, -0.05) is 11.6 Å². The van der Waals surface area contributed by atoms with Crippen molar-refractivity contribution in [1.82, 2.24) is 29.9 Å². The molecule has 2 aromatic heterocycles. The van der Waals surface area contributed by atoms with Crippen LogP contribution in [0.2, 0.25) is 5.02 Å². The molecule has 0 bridgehead atoms. The molecule has 0 saturated carbocycles. The Labute approximate surface area is 183 Å². The van der Waals surface area contributed by atoms with Crippen LogP contribution in [-0.4, -0.2) is 61.5 Å². The van der Waals surface area contributed by atoms with Crippen molar-refractivity contribution in [3.05, 3.63) is 58.4 Å². The zero-order chi connectivity index (χ0) is 22.1. The first-order chi connectivity index (χ1) is 14.8. The summed E-state index contributed by atoms with van der Waals surface area (Å²) in [5, 5.41) is 10.2. The fraction of sp³-hybridized carbons (Fsp3) is 0.350. The van der Waals surface area contributed by atoms with Crippen molar-refractivity contribution in [2.45, 2.75) is 26.8 Å². The van der Waals surface area contributed by atoms with Gasteiger partial charge in [0.25, 0.3) is 5.91 Å². The molecule has 3 heterocycles. The SMILES string of the molecule is Cc1nc(N2CCN(C(=O)c3cc(F)ccc3-n3nccn3)[C@H](C)CO2)nc(C)c1Cl. The molecule has 1 aliphatic heterocycles. The molecule has 162 valence electrons. The summed E-state index contributed by atoms with van der Waals surface area (Å²) >= 11 is 6.17. The Balaban J connectivity index is 1.60. The molecule has 0 N–H and O–H groups in total. The molecule has 1 amide bonds. The van der Waals surface area contributed by atoms with Crippen molar-refractivity contribution in [2.75, 3.05) is 24.8 Å². The van der Waals surface area contributed by atoms with Gasteiger partial charge in [-0.25, -0.2) is 19.4 Å². The van der Waals surface area contributed by atoms with Gasteiger partial charge in [0, 0.05) is 6.54 Å². The molecule has 1 atom stereocenters. The first-order valence-electron chi connectivity index (χ1n) is 9.73. The second kappa shape index (κ2) is 8.56. The second-order valence-electron chi connectivity index (χ2n) is 7.23. The molecule has 9 nitrogen and oxygen atoms in total. The summed E-state index contributed by atoms with van der Waals surface area (Å²) in [5.74, 6) is -0.470. The van der Waals surface area contributed by atoms with Crippen molar-refractivity contribution >= 4 is 23.5 Å². The van der Waals surface area contributed by atoms with Crippen LogP contribution in [0.25, 0.3) is 5.69 Å². The van der Waals surface area contributed by atoms with Gasteiger partial charge in [-0.2, -0.15) is 15.0 Å². The highest BCUT2D eigenvalue weighted by atomic mass is 35.5. The molecule has 0 unspecified atom stereocenters. The summed E-state index contributed by atoms with van der Waals surface area (Å²) in [6.07, 6.45) is 2.99.